The predicted molar refractivity (Wildman–Crippen MR) is 107 cm³/mol. The fourth-order valence-corrected chi connectivity index (χ4v) is 2.83. The van der Waals surface area contributed by atoms with E-state index in [1.165, 1.54) is 7.11 Å². The molecule has 0 spiro atoms. The molecule has 0 aliphatic carbocycles. The van der Waals surface area contributed by atoms with Crippen molar-refractivity contribution in [1.82, 2.24) is 5.16 Å². The van der Waals surface area contributed by atoms with E-state index in [0.29, 0.717) is 28.3 Å². The summed E-state index contributed by atoms with van der Waals surface area (Å²) in [6.07, 6.45) is 0. The van der Waals surface area contributed by atoms with Crippen LogP contribution in [-0.4, -0.2) is 24.1 Å². The van der Waals surface area contributed by atoms with Crippen molar-refractivity contribution in [2.75, 3.05) is 12.4 Å². The molecular weight excluding hydrogens is 372 g/mol. The molecule has 0 atom stereocenters. The van der Waals surface area contributed by atoms with Gasteiger partial charge in [0.25, 0.3) is 5.91 Å². The molecule has 0 radical (unpaired) electrons. The van der Waals surface area contributed by atoms with Gasteiger partial charge in [-0.2, -0.15) is 0 Å². The number of carbonyl (C=O) groups is 2. The van der Waals surface area contributed by atoms with E-state index in [9.17, 15) is 9.59 Å². The van der Waals surface area contributed by atoms with Gasteiger partial charge in [-0.15, -0.1) is 0 Å². The van der Waals surface area contributed by atoms with Gasteiger partial charge in [-0.25, -0.2) is 4.79 Å². The zero-order valence-corrected chi connectivity index (χ0v) is 16.7. The smallest absolute Gasteiger partial charge is 0.337 e. The van der Waals surface area contributed by atoms with Crippen LogP contribution in [0, 0.1) is 20.8 Å². The predicted octanol–water partition coefficient (Wildman–Crippen LogP) is 4.22. The molecule has 0 saturated heterocycles. The summed E-state index contributed by atoms with van der Waals surface area (Å²) >= 11 is 0. The lowest BCUT2D eigenvalue weighted by atomic mass is 10.1. The van der Waals surface area contributed by atoms with Gasteiger partial charge >= 0.3 is 5.97 Å². The van der Waals surface area contributed by atoms with Crippen LogP contribution < -0.4 is 10.1 Å². The molecule has 0 aliphatic heterocycles. The van der Waals surface area contributed by atoms with Crippen LogP contribution in [0.4, 0.5) is 5.69 Å². The molecule has 7 heteroatoms. The number of ether oxygens (including phenoxy) is 2. The van der Waals surface area contributed by atoms with Gasteiger partial charge in [-0.05, 0) is 50.6 Å². The Morgan fingerprint density at radius 2 is 1.86 bits per heavy atom. The number of benzene rings is 2. The lowest BCUT2D eigenvalue weighted by molar-refractivity contribution is 0.0600. The molecule has 29 heavy (non-hydrogen) atoms. The zero-order valence-electron chi connectivity index (χ0n) is 16.7. The van der Waals surface area contributed by atoms with Gasteiger partial charge in [0.05, 0.1) is 29.5 Å². The van der Waals surface area contributed by atoms with Crippen LogP contribution in [0.2, 0.25) is 0 Å². The van der Waals surface area contributed by atoms with E-state index in [-0.39, 0.29) is 12.5 Å². The molecule has 0 saturated carbocycles. The van der Waals surface area contributed by atoms with Gasteiger partial charge in [0, 0.05) is 5.69 Å². The molecule has 0 aliphatic rings. The number of hydrogen-bond acceptors (Lipinski definition) is 6. The van der Waals surface area contributed by atoms with Crippen molar-refractivity contribution < 1.29 is 23.6 Å². The average Bonchev–Trinajstić information content (AvgIpc) is 3.05. The maximum Gasteiger partial charge on any atom is 0.337 e. The number of aromatic nitrogens is 1. The van der Waals surface area contributed by atoms with E-state index in [2.05, 4.69) is 10.5 Å². The summed E-state index contributed by atoms with van der Waals surface area (Å²) in [6.45, 7) is 5.73. The van der Waals surface area contributed by atoms with Crippen molar-refractivity contribution in [1.29, 1.82) is 0 Å². The maximum absolute atomic E-state index is 12.9. The van der Waals surface area contributed by atoms with Gasteiger partial charge in [-0.3, -0.25) is 4.79 Å². The Balaban J connectivity index is 1.81. The summed E-state index contributed by atoms with van der Waals surface area (Å²) in [6, 6.07) is 12.0. The van der Waals surface area contributed by atoms with Crippen molar-refractivity contribution in [3.63, 3.8) is 0 Å². The summed E-state index contributed by atoms with van der Waals surface area (Å²) in [4.78, 5) is 24.7. The quantitative estimate of drug-likeness (QED) is 0.630. The maximum atomic E-state index is 12.9. The first-order chi connectivity index (χ1) is 13.9. The van der Waals surface area contributed by atoms with Gasteiger partial charge in [-0.1, -0.05) is 23.4 Å². The third-order valence-corrected chi connectivity index (χ3v) is 4.59. The minimum Gasteiger partial charge on any atom is -0.488 e. The third-order valence-electron chi connectivity index (χ3n) is 4.59. The SMILES string of the molecule is COC(=O)c1ccc(C)c(NC(=O)c2ccccc2OCc2c(C)noc2C)c1. The highest BCUT2D eigenvalue weighted by atomic mass is 16.5. The van der Waals surface area contributed by atoms with E-state index in [0.717, 1.165) is 16.8 Å². The monoisotopic (exact) mass is 394 g/mol. The van der Waals surface area contributed by atoms with Crippen LogP contribution in [-0.2, 0) is 11.3 Å². The Morgan fingerprint density at radius 1 is 1.10 bits per heavy atom. The highest BCUT2D eigenvalue weighted by Crippen LogP contribution is 2.24. The lowest BCUT2D eigenvalue weighted by Gasteiger charge is -2.13. The van der Waals surface area contributed by atoms with Gasteiger partial charge < -0.3 is 19.3 Å². The second-order valence-corrected chi connectivity index (χ2v) is 6.56. The summed E-state index contributed by atoms with van der Waals surface area (Å²) in [5.74, 6) is 0.305. The lowest BCUT2D eigenvalue weighted by Crippen LogP contribution is -2.15. The standard InChI is InChI=1S/C22H22N2O5/c1-13-9-10-16(22(26)27-4)11-19(13)23-21(25)17-7-5-6-8-20(17)28-12-18-14(2)24-29-15(18)3/h5-11H,12H2,1-4H3,(H,23,25). The molecule has 3 rings (SSSR count). The van der Waals surface area contributed by atoms with E-state index < -0.39 is 5.97 Å². The van der Waals surface area contributed by atoms with Crippen molar-refractivity contribution in [3.8, 4) is 5.75 Å². The summed E-state index contributed by atoms with van der Waals surface area (Å²) in [7, 11) is 1.31. The molecule has 1 amide bonds. The van der Waals surface area contributed by atoms with Crippen molar-refractivity contribution in [2.45, 2.75) is 27.4 Å². The number of amides is 1. The Hall–Kier alpha value is -3.61. The number of carbonyl (C=O) groups excluding carboxylic acids is 2. The number of nitrogens with one attached hydrogen (secondary N) is 1. The van der Waals surface area contributed by atoms with Crippen LogP contribution in [0.3, 0.4) is 0 Å². The molecule has 3 aromatic rings. The Kier molecular flexibility index (Phi) is 5.97. The van der Waals surface area contributed by atoms with E-state index >= 15 is 0 Å². The Morgan fingerprint density at radius 3 is 2.55 bits per heavy atom. The number of nitrogens with zero attached hydrogens (tertiary/aromatic N) is 1. The van der Waals surface area contributed by atoms with Gasteiger partial charge in [0.15, 0.2) is 0 Å². The van der Waals surface area contributed by atoms with Crippen LogP contribution >= 0.6 is 0 Å². The number of rotatable bonds is 6. The number of para-hydroxylation sites is 1. The first kappa shape index (κ1) is 20.1. The van der Waals surface area contributed by atoms with Crippen LogP contribution in [0.1, 0.15) is 43.3 Å². The molecular formula is C22H22N2O5. The number of aryl methyl sites for hydroxylation is 3. The second-order valence-electron chi connectivity index (χ2n) is 6.56. The normalized spacial score (nSPS) is 10.5. The minimum absolute atomic E-state index is 0.238. The molecule has 0 fully saturated rings. The van der Waals surface area contributed by atoms with Crippen LogP contribution in [0.5, 0.6) is 5.75 Å². The first-order valence-electron chi connectivity index (χ1n) is 9.04. The minimum atomic E-state index is -0.469. The largest absolute Gasteiger partial charge is 0.488 e. The van der Waals surface area contributed by atoms with E-state index in [4.69, 9.17) is 14.0 Å². The third kappa shape index (κ3) is 4.45. The summed E-state index contributed by atoms with van der Waals surface area (Å²) in [5, 5.41) is 6.75. The second kappa shape index (κ2) is 8.60. The molecule has 0 bridgehead atoms. The topological polar surface area (TPSA) is 90.7 Å². The van der Waals surface area contributed by atoms with Crippen molar-refractivity contribution in [3.05, 3.63) is 76.2 Å². The molecule has 2 aromatic carbocycles. The number of methoxy groups -OCH3 is 1. The Labute approximate surface area is 168 Å². The summed E-state index contributed by atoms with van der Waals surface area (Å²) < 4.78 is 15.8. The fourth-order valence-electron chi connectivity index (χ4n) is 2.83. The molecule has 0 unspecified atom stereocenters. The fraction of sp³-hybridized carbons (Fsp3) is 0.227. The van der Waals surface area contributed by atoms with Crippen molar-refractivity contribution >= 4 is 17.6 Å². The molecule has 1 heterocycles. The highest BCUT2D eigenvalue weighted by molar-refractivity contribution is 6.07. The van der Waals surface area contributed by atoms with Crippen molar-refractivity contribution in [2.24, 2.45) is 0 Å². The van der Waals surface area contributed by atoms with Crippen LogP contribution in [0.25, 0.3) is 0 Å². The number of esters is 1. The molecule has 1 aromatic heterocycles. The number of hydrogen-bond donors (Lipinski definition) is 1. The first-order valence-corrected chi connectivity index (χ1v) is 9.04. The van der Waals surface area contributed by atoms with E-state index in [1.54, 1.807) is 42.5 Å². The average molecular weight is 394 g/mol. The highest BCUT2D eigenvalue weighted by Gasteiger charge is 2.16. The molecule has 1 N–H and O–H groups in total. The van der Waals surface area contributed by atoms with Crippen LogP contribution in [0.15, 0.2) is 47.0 Å². The number of anilines is 1. The van der Waals surface area contributed by atoms with Gasteiger partial charge in [0.1, 0.15) is 18.1 Å². The molecule has 150 valence electrons. The van der Waals surface area contributed by atoms with E-state index in [1.807, 2.05) is 20.8 Å². The Bertz CT molecular complexity index is 1040. The summed E-state index contributed by atoms with van der Waals surface area (Å²) in [5.41, 5.74) is 3.68. The zero-order chi connectivity index (χ0) is 21.0. The van der Waals surface area contributed by atoms with Gasteiger partial charge in [0.2, 0.25) is 0 Å². The molecule has 7 nitrogen and oxygen atoms in total.